The van der Waals surface area contributed by atoms with Crippen LogP contribution in [0.25, 0.3) is 0 Å². The highest BCUT2D eigenvalue weighted by Crippen LogP contribution is 2.26. The molecule has 34 heavy (non-hydrogen) atoms. The minimum atomic E-state index is -3.57. The van der Waals surface area contributed by atoms with Gasteiger partial charge < -0.3 is 15.4 Å². The van der Waals surface area contributed by atoms with Crippen LogP contribution in [0.15, 0.2) is 42.5 Å². The molecule has 1 aliphatic heterocycles. The van der Waals surface area contributed by atoms with Crippen LogP contribution in [0.2, 0.25) is 5.02 Å². The van der Waals surface area contributed by atoms with Crippen molar-refractivity contribution in [2.24, 2.45) is 0 Å². The number of benzene rings is 2. The van der Waals surface area contributed by atoms with Gasteiger partial charge in [0.05, 0.1) is 29.3 Å². The van der Waals surface area contributed by atoms with E-state index in [0.29, 0.717) is 35.1 Å². The first-order valence-corrected chi connectivity index (χ1v) is 13.4. The Labute approximate surface area is 205 Å². The summed E-state index contributed by atoms with van der Waals surface area (Å²) in [6.07, 6.45) is 3.42. The van der Waals surface area contributed by atoms with Crippen LogP contribution in [0, 0.1) is 6.92 Å². The molecular formula is C24H30ClN3O5S. The van der Waals surface area contributed by atoms with E-state index >= 15 is 0 Å². The number of hydrogen-bond acceptors (Lipinski definition) is 5. The van der Waals surface area contributed by atoms with Gasteiger partial charge in [-0.1, -0.05) is 29.8 Å². The van der Waals surface area contributed by atoms with Crippen molar-refractivity contribution in [3.05, 3.63) is 58.6 Å². The van der Waals surface area contributed by atoms with E-state index in [1.54, 1.807) is 49.4 Å². The van der Waals surface area contributed by atoms with E-state index in [2.05, 4.69) is 10.6 Å². The van der Waals surface area contributed by atoms with Gasteiger partial charge >= 0.3 is 0 Å². The van der Waals surface area contributed by atoms with Gasteiger partial charge in [0.2, 0.25) is 15.9 Å². The molecule has 8 nitrogen and oxygen atoms in total. The maximum Gasteiger partial charge on any atom is 0.253 e. The number of ether oxygens (including phenoxy) is 1. The zero-order chi connectivity index (χ0) is 24.7. The number of carbonyl (C=O) groups excluding carboxylic acids is 2. The fraction of sp³-hybridized carbons (Fsp3) is 0.417. The molecule has 1 fully saturated rings. The molecule has 0 aliphatic carbocycles. The Morgan fingerprint density at radius 3 is 2.68 bits per heavy atom. The average molecular weight is 508 g/mol. The van der Waals surface area contributed by atoms with E-state index in [1.165, 1.54) is 4.31 Å². The summed E-state index contributed by atoms with van der Waals surface area (Å²) < 4.78 is 31.5. The second kappa shape index (κ2) is 11.7. The number of anilines is 2. The maximum atomic E-state index is 12.6. The topological polar surface area (TPSA) is 105 Å². The number of nitrogens with one attached hydrogen (secondary N) is 2. The van der Waals surface area contributed by atoms with Crippen LogP contribution in [0.1, 0.15) is 41.6 Å². The Balaban J connectivity index is 1.59. The summed E-state index contributed by atoms with van der Waals surface area (Å²) in [6, 6.07) is 11.8. The molecule has 10 heteroatoms. The molecule has 2 N–H and O–H groups in total. The monoisotopic (exact) mass is 507 g/mol. The number of nitrogens with zero attached hydrogens (tertiary/aromatic N) is 1. The molecule has 0 spiro atoms. The lowest BCUT2D eigenvalue weighted by molar-refractivity contribution is -0.116. The lowest BCUT2D eigenvalue weighted by atomic mass is 10.1. The first-order chi connectivity index (χ1) is 16.1. The molecule has 0 saturated carbocycles. The van der Waals surface area contributed by atoms with Crippen molar-refractivity contribution in [1.82, 2.24) is 5.32 Å². The Bertz CT molecular complexity index is 1130. The number of para-hydroxylation sites is 1. The number of sulfonamides is 1. The second-order valence-corrected chi connectivity index (χ2v) is 10.7. The minimum Gasteiger partial charge on any atom is -0.376 e. The van der Waals surface area contributed by atoms with Crippen LogP contribution in [0.4, 0.5) is 11.4 Å². The summed E-state index contributed by atoms with van der Waals surface area (Å²) in [6.45, 7) is 3.06. The van der Waals surface area contributed by atoms with Gasteiger partial charge in [0.1, 0.15) is 0 Å². The quantitative estimate of drug-likeness (QED) is 0.509. The fourth-order valence-corrected chi connectivity index (χ4v) is 4.99. The summed E-state index contributed by atoms with van der Waals surface area (Å²) >= 11 is 6.06. The first kappa shape index (κ1) is 26.0. The van der Waals surface area contributed by atoms with Crippen LogP contribution in [0.3, 0.4) is 0 Å². The Kier molecular flexibility index (Phi) is 8.93. The third-order valence-corrected chi connectivity index (χ3v) is 6.98. The van der Waals surface area contributed by atoms with Gasteiger partial charge in [-0.15, -0.1) is 0 Å². The molecule has 1 unspecified atom stereocenters. The normalized spacial score (nSPS) is 15.7. The number of carbonyl (C=O) groups is 2. The van der Waals surface area contributed by atoms with E-state index in [0.717, 1.165) is 24.7 Å². The van der Waals surface area contributed by atoms with Crippen molar-refractivity contribution in [3.8, 4) is 0 Å². The number of aryl methyl sites for hydroxylation is 1. The number of amides is 2. The van der Waals surface area contributed by atoms with E-state index in [9.17, 15) is 18.0 Å². The lowest BCUT2D eigenvalue weighted by Gasteiger charge is -2.24. The molecule has 3 rings (SSSR count). The van der Waals surface area contributed by atoms with E-state index in [4.69, 9.17) is 16.3 Å². The van der Waals surface area contributed by atoms with Gasteiger partial charge in [-0.3, -0.25) is 13.9 Å². The summed E-state index contributed by atoms with van der Waals surface area (Å²) in [5.74, 6) is -0.596. The van der Waals surface area contributed by atoms with Crippen LogP contribution in [-0.4, -0.2) is 52.3 Å². The van der Waals surface area contributed by atoms with Gasteiger partial charge in [0.15, 0.2) is 0 Å². The van der Waals surface area contributed by atoms with Crippen molar-refractivity contribution in [3.63, 3.8) is 0 Å². The lowest BCUT2D eigenvalue weighted by Crippen LogP contribution is -2.33. The Hall–Kier alpha value is -2.62. The molecule has 2 aromatic carbocycles. The van der Waals surface area contributed by atoms with Crippen LogP contribution in [0.5, 0.6) is 0 Å². The molecule has 1 aliphatic rings. The van der Waals surface area contributed by atoms with Gasteiger partial charge in [-0.2, -0.15) is 0 Å². The molecular weight excluding hydrogens is 478 g/mol. The van der Waals surface area contributed by atoms with Crippen molar-refractivity contribution < 1.29 is 22.7 Å². The van der Waals surface area contributed by atoms with Crippen LogP contribution in [-0.2, 0) is 19.6 Å². The Morgan fingerprint density at radius 2 is 1.97 bits per heavy atom. The molecule has 1 saturated heterocycles. The highest BCUT2D eigenvalue weighted by molar-refractivity contribution is 7.92. The predicted octanol–water partition coefficient (Wildman–Crippen LogP) is 3.74. The van der Waals surface area contributed by atoms with E-state index in [1.807, 2.05) is 0 Å². The summed E-state index contributed by atoms with van der Waals surface area (Å²) in [5.41, 5.74) is 2.02. The molecule has 184 valence electrons. The minimum absolute atomic E-state index is 0.0200. The molecule has 1 heterocycles. The molecule has 2 amide bonds. The first-order valence-electron chi connectivity index (χ1n) is 11.2. The zero-order valence-corrected chi connectivity index (χ0v) is 20.9. The summed E-state index contributed by atoms with van der Waals surface area (Å²) in [7, 11) is -3.57. The number of hydrogen-bond donors (Lipinski definition) is 2. The summed E-state index contributed by atoms with van der Waals surface area (Å²) in [5, 5.41) is 6.06. The molecule has 0 aromatic heterocycles. The fourth-order valence-electron chi connectivity index (χ4n) is 3.81. The third kappa shape index (κ3) is 7.19. The van der Waals surface area contributed by atoms with E-state index in [-0.39, 0.29) is 37.3 Å². The van der Waals surface area contributed by atoms with Crippen molar-refractivity contribution in [2.75, 3.05) is 35.6 Å². The van der Waals surface area contributed by atoms with Crippen LogP contribution < -0.4 is 14.9 Å². The summed E-state index contributed by atoms with van der Waals surface area (Å²) in [4.78, 5) is 25.2. The van der Waals surface area contributed by atoms with Crippen molar-refractivity contribution in [1.29, 1.82) is 0 Å². The van der Waals surface area contributed by atoms with Gasteiger partial charge in [-0.05, 0) is 56.0 Å². The van der Waals surface area contributed by atoms with Gasteiger partial charge in [-0.25, -0.2) is 8.42 Å². The standard InChI is InChI=1S/C24H30ClN3O5S/c1-17-11-12-18(25)15-22(17)28(34(2,31)32)13-5-10-23(29)27-21-9-4-3-8-20(21)24(30)26-16-19-7-6-14-33-19/h3-4,8-9,11-12,15,19H,5-7,10,13-14,16H2,1-2H3,(H,26,30)(H,27,29). The molecule has 1 atom stereocenters. The number of halogens is 1. The molecule has 0 radical (unpaired) electrons. The Morgan fingerprint density at radius 1 is 1.21 bits per heavy atom. The van der Waals surface area contributed by atoms with Gasteiger partial charge in [0, 0.05) is 31.1 Å². The zero-order valence-electron chi connectivity index (χ0n) is 19.3. The maximum absolute atomic E-state index is 12.6. The van der Waals surface area contributed by atoms with Gasteiger partial charge in [0.25, 0.3) is 5.91 Å². The third-order valence-electron chi connectivity index (χ3n) is 5.57. The second-order valence-electron chi connectivity index (χ2n) is 8.31. The number of rotatable bonds is 10. The largest absolute Gasteiger partial charge is 0.376 e. The van der Waals surface area contributed by atoms with E-state index < -0.39 is 10.0 Å². The molecule has 2 aromatic rings. The highest BCUT2D eigenvalue weighted by atomic mass is 35.5. The SMILES string of the molecule is Cc1ccc(Cl)cc1N(CCCC(=O)Nc1ccccc1C(=O)NCC1CCCO1)S(C)(=O)=O. The van der Waals surface area contributed by atoms with Crippen LogP contribution >= 0.6 is 11.6 Å². The highest BCUT2D eigenvalue weighted by Gasteiger charge is 2.21. The molecule has 0 bridgehead atoms. The van der Waals surface area contributed by atoms with Crippen molar-refractivity contribution in [2.45, 2.75) is 38.7 Å². The van der Waals surface area contributed by atoms with Crippen molar-refractivity contribution >= 4 is 44.8 Å². The average Bonchev–Trinajstić information content (AvgIpc) is 3.30. The smallest absolute Gasteiger partial charge is 0.253 e. The predicted molar refractivity (Wildman–Crippen MR) is 134 cm³/mol.